The molecule has 13 aromatic rings. The summed E-state index contributed by atoms with van der Waals surface area (Å²) < 4.78 is 11.6. The fourth-order valence-electron chi connectivity index (χ4n) is 9.26. The molecule has 0 radical (unpaired) electrons. The first-order valence-electron chi connectivity index (χ1n) is 19.8. The maximum atomic E-state index is 6.77. The second kappa shape index (κ2) is 12.4. The molecule has 0 aliphatic rings. The van der Waals surface area contributed by atoms with Crippen LogP contribution in [0.2, 0.25) is 0 Å². The van der Waals surface area contributed by atoms with Crippen molar-refractivity contribution in [3.05, 3.63) is 182 Å². The largest absolute Gasteiger partial charge is 0.456 e. The fourth-order valence-corrected chi connectivity index (χ4v) is 10.4. The van der Waals surface area contributed by atoms with Crippen molar-refractivity contribution in [1.29, 1.82) is 0 Å². The van der Waals surface area contributed by atoms with E-state index in [0.29, 0.717) is 17.5 Å². The molecule has 9 aromatic carbocycles. The molecule has 0 N–H and O–H groups in total. The van der Waals surface area contributed by atoms with E-state index < -0.39 is 0 Å². The molecule has 0 atom stereocenters. The van der Waals surface area contributed by atoms with Crippen LogP contribution in [0.25, 0.3) is 125 Å². The fraction of sp³-hybridized carbons (Fsp3) is 0. The number of hydrogen-bond acceptors (Lipinski definition) is 5. The second-order valence-electron chi connectivity index (χ2n) is 15.1. The van der Waals surface area contributed by atoms with Gasteiger partial charge in [0.2, 0.25) is 0 Å². The summed E-state index contributed by atoms with van der Waals surface area (Å²) in [5.74, 6) is 1.86. The molecule has 0 aliphatic heterocycles. The Bertz CT molecular complexity index is 3860. The minimum absolute atomic E-state index is 0.599. The Morgan fingerprint density at radius 2 is 1.08 bits per heavy atom. The predicted octanol–water partition coefficient (Wildman–Crippen LogP) is 14.5. The van der Waals surface area contributed by atoms with E-state index in [-0.39, 0.29) is 0 Å². The van der Waals surface area contributed by atoms with E-state index in [2.05, 4.69) is 168 Å². The Kier molecular flexibility index (Phi) is 6.82. The van der Waals surface area contributed by atoms with Gasteiger partial charge in [0.15, 0.2) is 17.5 Å². The van der Waals surface area contributed by atoms with Gasteiger partial charge in [0.1, 0.15) is 11.2 Å². The third-order valence-corrected chi connectivity index (χ3v) is 13.0. The molecule has 59 heavy (non-hydrogen) atoms. The van der Waals surface area contributed by atoms with Gasteiger partial charge in [-0.2, -0.15) is 0 Å². The average Bonchev–Trinajstić information content (AvgIpc) is 3.98. The number of hydrogen-bond donors (Lipinski definition) is 0. The van der Waals surface area contributed by atoms with Crippen LogP contribution in [0, 0.1) is 0 Å². The number of para-hydroxylation sites is 1. The molecule has 0 saturated heterocycles. The zero-order valence-electron chi connectivity index (χ0n) is 31.4. The summed E-state index contributed by atoms with van der Waals surface area (Å²) in [6.45, 7) is 0. The molecule has 4 heterocycles. The molecular formula is C53H30N4OS. The lowest BCUT2D eigenvalue weighted by Crippen LogP contribution is -2.01. The van der Waals surface area contributed by atoms with Crippen molar-refractivity contribution < 1.29 is 4.42 Å². The van der Waals surface area contributed by atoms with Gasteiger partial charge in [-0.3, -0.25) is 0 Å². The van der Waals surface area contributed by atoms with Gasteiger partial charge in [0, 0.05) is 64.1 Å². The van der Waals surface area contributed by atoms with Crippen molar-refractivity contribution >= 4 is 96.8 Å². The molecule has 0 spiro atoms. The summed E-state index contributed by atoms with van der Waals surface area (Å²) >= 11 is 1.79. The number of fused-ring (bicyclic) bond motifs is 13. The molecule has 0 aliphatic carbocycles. The van der Waals surface area contributed by atoms with E-state index in [0.717, 1.165) is 60.5 Å². The van der Waals surface area contributed by atoms with Crippen molar-refractivity contribution in [2.45, 2.75) is 0 Å². The Labute approximate surface area is 341 Å². The average molecular weight is 771 g/mol. The van der Waals surface area contributed by atoms with Gasteiger partial charge >= 0.3 is 0 Å². The summed E-state index contributed by atoms with van der Waals surface area (Å²) in [4.78, 5) is 15.7. The summed E-state index contributed by atoms with van der Waals surface area (Å²) in [6, 6.07) is 64.3. The first-order valence-corrected chi connectivity index (χ1v) is 20.6. The number of rotatable bonds is 4. The molecule has 0 bridgehead atoms. The van der Waals surface area contributed by atoms with E-state index in [9.17, 15) is 0 Å². The molecule has 5 nitrogen and oxygen atoms in total. The highest BCUT2D eigenvalue weighted by atomic mass is 32.1. The van der Waals surface area contributed by atoms with E-state index in [1.807, 2.05) is 18.2 Å². The Hall–Kier alpha value is -7.67. The van der Waals surface area contributed by atoms with Crippen molar-refractivity contribution in [2.75, 3.05) is 0 Å². The third kappa shape index (κ3) is 4.81. The van der Waals surface area contributed by atoms with Gasteiger partial charge in [-0.05, 0) is 70.1 Å². The quantitative estimate of drug-likeness (QED) is 0.179. The zero-order valence-corrected chi connectivity index (χ0v) is 32.2. The van der Waals surface area contributed by atoms with Crippen molar-refractivity contribution in [1.82, 2.24) is 19.5 Å². The zero-order chi connectivity index (χ0) is 38.6. The van der Waals surface area contributed by atoms with Gasteiger partial charge in [0.25, 0.3) is 0 Å². The lowest BCUT2D eigenvalue weighted by Gasteiger charge is -2.12. The minimum atomic E-state index is 0.599. The summed E-state index contributed by atoms with van der Waals surface area (Å²) in [5, 5.41) is 11.6. The van der Waals surface area contributed by atoms with E-state index in [4.69, 9.17) is 19.4 Å². The standard InChI is InChI=1S/C53H30N4OS/c1-2-14-32(15-3-1)51-54-52(39-21-12-24-47-50(39)38-20-9-11-23-46(38)59-47)56-53(55-51)40-30-45-49(36-18-7-6-17-35(36)40)41-29-33(26-28-44(41)58-45)57-42-22-10-8-19-37(42)48-34-16-5-4-13-31(34)25-27-43(48)57/h1-30H. The van der Waals surface area contributed by atoms with Crippen molar-refractivity contribution in [3.63, 3.8) is 0 Å². The van der Waals surface area contributed by atoms with Gasteiger partial charge in [-0.1, -0.05) is 133 Å². The predicted molar refractivity (Wildman–Crippen MR) is 246 cm³/mol. The number of furan rings is 1. The topological polar surface area (TPSA) is 56.7 Å². The van der Waals surface area contributed by atoms with Crippen LogP contribution in [0.5, 0.6) is 0 Å². The van der Waals surface area contributed by atoms with Crippen molar-refractivity contribution in [2.24, 2.45) is 0 Å². The van der Waals surface area contributed by atoms with Crippen LogP contribution >= 0.6 is 11.3 Å². The minimum Gasteiger partial charge on any atom is -0.456 e. The molecular weight excluding hydrogens is 741 g/mol. The highest BCUT2D eigenvalue weighted by Gasteiger charge is 2.22. The Balaban J connectivity index is 1.05. The molecule has 274 valence electrons. The van der Waals surface area contributed by atoms with Gasteiger partial charge < -0.3 is 8.98 Å². The molecule has 0 unspecified atom stereocenters. The Morgan fingerprint density at radius 3 is 1.97 bits per heavy atom. The van der Waals surface area contributed by atoms with Gasteiger partial charge in [-0.25, -0.2) is 15.0 Å². The molecule has 0 fully saturated rings. The number of nitrogens with zero attached hydrogens (tertiary/aromatic N) is 4. The van der Waals surface area contributed by atoms with Crippen molar-refractivity contribution in [3.8, 4) is 39.9 Å². The van der Waals surface area contributed by atoms with Crippen LogP contribution in [0.1, 0.15) is 0 Å². The van der Waals surface area contributed by atoms with E-state index in [1.54, 1.807) is 11.3 Å². The monoisotopic (exact) mass is 770 g/mol. The normalized spacial score (nSPS) is 12.1. The van der Waals surface area contributed by atoms with E-state index in [1.165, 1.54) is 47.4 Å². The smallest absolute Gasteiger partial charge is 0.164 e. The first kappa shape index (κ1) is 32.4. The maximum absolute atomic E-state index is 6.77. The Morgan fingerprint density at radius 1 is 0.390 bits per heavy atom. The second-order valence-corrected chi connectivity index (χ2v) is 16.2. The number of aromatic nitrogens is 4. The highest BCUT2D eigenvalue weighted by Crippen LogP contribution is 2.44. The number of benzene rings is 9. The SMILES string of the molecule is c1ccc(-c2nc(-c3cc4oc5ccc(-n6c7ccccc7c7c8ccccc8ccc76)cc5c4c4ccccc34)nc(-c3cccc4sc5ccccc5c34)n2)cc1. The van der Waals surface area contributed by atoms with Gasteiger partial charge in [0.05, 0.1) is 11.0 Å². The molecule has 0 saturated carbocycles. The maximum Gasteiger partial charge on any atom is 0.164 e. The van der Waals surface area contributed by atoms with Crippen LogP contribution in [0.4, 0.5) is 0 Å². The summed E-state index contributed by atoms with van der Waals surface area (Å²) in [7, 11) is 0. The van der Waals surface area contributed by atoms with Crippen LogP contribution in [0.3, 0.4) is 0 Å². The van der Waals surface area contributed by atoms with Crippen LogP contribution < -0.4 is 0 Å². The van der Waals surface area contributed by atoms with Crippen LogP contribution in [-0.2, 0) is 0 Å². The van der Waals surface area contributed by atoms with E-state index >= 15 is 0 Å². The molecule has 13 rings (SSSR count). The van der Waals surface area contributed by atoms with Crippen LogP contribution in [0.15, 0.2) is 186 Å². The summed E-state index contributed by atoms with van der Waals surface area (Å²) in [5.41, 5.74) is 7.85. The highest BCUT2D eigenvalue weighted by molar-refractivity contribution is 7.25. The molecule has 4 aromatic heterocycles. The lowest BCUT2D eigenvalue weighted by atomic mass is 9.98. The van der Waals surface area contributed by atoms with Crippen LogP contribution in [-0.4, -0.2) is 19.5 Å². The number of thiophene rings is 1. The summed E-state index contributed by atoms with van der Waals surface area (Å²) in [6.07, 6.45) is 0. The molecule has 6 heteroatoms. The lowest BCUT2D eigenvalue weighted by molar-refractivity contribution is 0.669. The first-order chi connectivity index (χ1) is 29.2. The third-order valence-electron chi connectivity index (χ3n) is 11.8. The molecule has 0 amide bonds. The van der Waals surface area contributed by atoms with Gasteiger partial charge in [-0.15, -0.1) is 11.3 Å².